The minimum Gasteiger partial charge on any atom is -0.497 e. The van der Waals surface area contributed by atoms with Gasteiger partial charge in [-0.15, -0.1) is 0 Å². The lowest BCUT2D eigenvalue weighted by Crippen LogP contribution is -2.40. The molecular weight excluding hydrogens is 262 g/mol. The summed E-state index contributed by atoms with van der Waals surface area (Å²) in [4.78, 5) is 0. The number of methoxy groups -OCH3 is 1. The summed E-state index contributed by atoms with van der Waals surface area (Å²) < 4.78 is 5.27. The lowest BCUT2D eigenvalue weighted by molar-refractivity contribution is -0.0149. The van der Waals surface area contributed by atoms with Gasteiger partial charge in [0.15, 0.2) is 0 Å². The molecule has 21 heavy (non-hydrogen) atoms. The Morgan fingerprint density at radius 2 is 2.00 bits per heavy atom. The Bertz CT molecular complexity index is 450. The van der Waals surface area contributed by atoms with E-state index in [0.717, 1.165) is 48.8 Å². The normalized spacial score (nSPS) is 27.6. The Hall–Kier alpha value is -1.06. The van der Waals surface area contributed by atoms with Gasteiger partial charge in [0, 0.05) is 12.0 Å². The van der Waals surface area contributed by atoms with E-state index in [-0.39, 0.29) is 5.41 Å². The predicted octanol–water partition coefficient (Wildman–Crippen LogP) is 3.52. The van der Waals surface area contributed by atoms with Gasteiger partial charge in [-0.3, -0.25) is 0 Å². The van der Waals surface area contributed by atoms with Crippen molar-refractivity contribution in [2.75, 3.05) is 13.7 Å². The van der Waals surface area contributed by atoms with Crippen LogP contribution in [0.1, 0.15) is 51.2 Å². The summed E-state index contributed by atoms with van der Waals surface area (Å²) in [6.07, 6.45) is 3.83. The van der Waals surface area contributed by atoms with Crippen LogP contribution in [-0.4, -0.2) is 18.8 Å². The fraction of sp³-hybridized carbons (Fsp3) is 0.667. The number of aliphatic hydroxyl groups excluding tert-OH is 1. The van der Waals surface area contributed by atoms with Gasteiger partial charge in [0.05, 0.1) is 13.2 Å². The van der Waals surface area contributed by atoms with Gasteiger partial charge < -0.3 is 15.6 Å². The van der Waals surface area contributed by atoms with E-state index in [1.807, 2.05) is 24.3 Å². The number of aliphatic hydroxyl groups is 1. The molecule has 1 aliphatic carbocycles. The van der Waals surface area contributed by atoms with E-state index in [2.05, 4.69) is 13.8 Å². The van der Waals surface area contributed by atoms with Gasteiger partial charge in [-0.05, 0) is 55.2 Å². The first kappa shape index (κ1) is 16.3. The molecule has 3 heteroatoms. The summed E-state index contributed by atoms with van der Waals surface area (Å²) in [6, 6.07) is 7.73. The molecule has 1 aliphatic rings. The highest BCUT2D eigenvalue weighted by Crippen LogP contribution is 2.48. The van der Waals surface area contributed by atoms with Crippen molar-refractivity contribution < 1.29 is 9.84 Å². The van der Waals surface area contributed by atoms with Gasteiger partial charge in [-0.2, -0.15) is 0 Å². The van der Waals surface area contributed by atoms with Crippen LogP contribution in [0.5, 0.6) is 5.75 Å². The molecule has 0 aliphatic heterocycles. The van der Waals surface area contributed by atoms with E-state index in [0.29, 0.717) is 6.54 Å². The summed E-state index contributed by atoms with van der Waals surface area (Å²) >= 11 is 0. The second-order valence-electron chi connectivity index (χ2n) is 6.83. The first-order chi connectivity index (χ1) is 10.0. The van der Waals surface area contributed by atoms with Gasteiger partial charge in [0.25, 0.3) is 0 Å². The molecule has 0 amide bonds. The zero-order valence-corrected chi connectivity index (χ0v) is 13.5. The van der Waals surface area contributed by atoms with Gasteiger partial charge >= 0.3 is 0 Å². The maximum atomic E-state index is 10.9. The smallest absolute Gasteiger partial charge is 0.119 e. The highest BCUT2D eigenvalue weighted by atomic mass is 16.5. The predicted molar refractivity (Wildman–Crippen MR) is 86.2 cm³/mol. The Morgan fingerprint density at radius 3 is 2.52 bits per heavy atom. The average Bonchev–Trinajstić information content (AvgIpc) is 2.54. The van der Waals surface area contributed by atoms with Crippen LogP contribution in [0.15, 0.2) is 24.3 Å². The molecule has 0 bridgehead atoms. The SMILES string of the molecule is COc1cccc(C(O)C2(CN)CCC(C(C)C)CC2)c1. The van der Waals surface area contributed by atoms with Crippen molar-refractivity contribution in [3.05, 3.63) is 29.8 Å². The molecule has 1 atom stereocenters. The number of rotatable bonds is 5. The fourth-order valence-electron chi connectivity index (χ4n) is 3.64. The molecule has 0 saturated heterocycles. The third-order valence-corrected chi connectivity index (χ3v) is 5.36. The molecule has 1 fully saturated rings. The number of hydrogen-bond donors (Lipinski definition) is 2. The monoisotopic (exact) mass is 291 g/mol. The molecule has 0 heterocycles. The molecule has 0 aromatic heterocycles. The Labute approximate surface area is 128 Å². The molecule has 3 nitrogen and oxygen atoms in total. The van der Waals surface area contributed by atoms with E-state index < -0.39 is 6.10 Å². The van der Waals surface area contributed by atoms with Crippen molar-refractivity contribution in [3.63, 3.8) is 0 Å². The van der Waals surface area contributed by atoms with Gasteiger partial charge in [-0.1, -0.05) is 26.0 Å². The quantitative estimate of drug-likeness (QED) is 0.872. The standard InChI is InChI=1S/C18H29NO2/c1-13(2)14-7-9-18(12-19,10-8-14)17(20)15-5-4-6-16(11-15)21-3/h4-6,11,13-14,17,20H,7-10,12,19H2,1-3H3. The van der Waals surface area contributed by atoms with E-state index in [1.165, 1.54) is 0 Å². The Kier molecular flexibility index (Phi) is 5.28. The summed E-state index contributed by atoms with van der Waals surface area (Å²) in [6.45, 7) is 5.12. The maximum absolute atomic E-state index is 10.9. The number of ether oxygens (including phenoxy) is 1. The molecule has 1 unspecified atom stereocenters. The third-order valence-electron chi connectivity index (χ3n) is 5.36. The number of nitrogens with two attached hydrogens (primary N) is 1. The van der Waals surface area contributed by atoms with Gasteiger partial charge in [0.2, 0.25) is 0 Å². The largest absolute Gasteiger partial charge is 0.497 e. The van der Waals surface area contributed by atoms with Crippen LogP contribution in [0.3, 0.4) is 0 Å². The molecule has 0 radical (unpaired) electrons. The van der Waals surface area contributed by atoms with Crippen molar-refractivity contribution in [1.29, 1.82) is 0 Å². The maximum Gasteiger partial charge on any atom is 0.119 e. The Balaban J connectivity index is 2.16. The van der Waals surface area contributed by atoms with E-state index in [1.54, 1.807) is 7.11 Å². The topological polar surface area (TPSA) is 55.5 Å². The minimum atomic E-state index is -0.509. The highest BCUT2D eigenvalue weighted by molar-refractivity contribution is 5.31. The van der Waals surface area contributed by atoms with Crippen LogP contribution in [0.2, 0.25) is 0 Å². The third kappa shape index (κ3) is 3.41. The zero-order chi connectivity index (χ0) is 15.5. The summed E-state index contributed by atoms with van der Waals surface area (Å²) in [5.41, 5.74) is 6.81. The minimum absolute atomic E-state index is 0.183. The summed E-state index contributed by atoms with van der Waals surface area (Å²) in [7, 11) is 1.65. The molecule has 3 N–H and O–H groups in total. The van der Waals surface area contributed by atoms with E-state index >= 15 is 0 Å². The van der Waals surface area contributed by atoms with Crippen LogP contribution in [0.4, 0.5) is 0 Å². The van der Waals surface area contributed by atoms with Gasteiger partial charge in [-0.25, -0.2) is 0 Å². The van der Waals surface area contributed by atoms with Crippen molar-refractivity contribution in [3.8, 4) is 5.75 Å². The molecule has 2 rings (SSSR count). The Morgan fingerprint density at radius 1 is 1.33 bits per heavy atom. The fourth-order valence-corrected chi connectivity index (χ4v) is 3.64. The van der Waals surface area contributed by atoms with Crippen LogP contribution in [0, 0.1) is 17.3 Å². The van der Waals surface area contributed by atoms with E-state index in [9.17, 15) is 5.11 Å². The van der Waals surface area contributed by atoms with E-state index in [4.69, 9.17) is 10.5 Å². The number of benzene rings is 1. The molecule has 1 aromatic rings. The van der Waals surface area contributed by atoms with Crippen LogP contribution < -0.4 is 10.5 Å². The first-order valence-corrected chi connectivity index (χ1v) is 8.04. The molecule has 1 aromatic carbocycles. The highest BCUT2D eigenvalue weighted by Gasteiger charge is 2.41. The summed E-state index contributed by atoms with van der Waals surface area (Å²) in [5.74, 6) is 2.27. The lowest BCUT2D eigenvalue weighted by atomic mass is 9.64. The summed E-state index contributed by atoms with van der Waals surface area (Å²) in [5, 5.41) is 10.9. The van der Waals surface area contributed by atoms with Crippen LogP contribution >= 0.6 is 0 Å². The second-order valence-corrected chi connectivity index (χ2v) is 6.83. The van der Waals surface area contributed by atoms with Crippen molar-refractivity contribution in [1.82, 2.24) is 0 Å². The molecule has 1 saturated carbocycles. The lowest BCUT2D eigenvalue weighted by Gasteiger charge is -2.44. The molecule has 118 valence electrons. The first-order valence-electron chi connectivity index (χ1n) is 8.04. The molecular formula is C18H29NO2. The van der Waals surface area contributed by atoms with Crippen molar-refractivity contribution >= 4 is 0 Å². The average molecular weight is 291 g/mol. The molecule has 0 spiro atoms. The van der Waals surface area contributed by atoms with Crippen LogP contribution in [-0.2, 0) is 0 Å². The second kappa shape index (κ2) is 6.80. The van der Waals surface area contributed by atoms with Gasteiger partial charge in [0.1, 0.15) is 5.75 Å². The van der Waals surface area contributed by atoms with Crippen molar-refractivity contribution in [2.24, 2.45) is 23.0 Å². The van der Waals surface area contributed by atoms with Crippen molar-refractivity contribution in [2.45, 2.75) is 45.6 Å². The van der Waals surface area contributed by atoms with Crippen LogP contribution in [0.25, 0.3) is 0 Å². The number of hydrogen-bond acceptors (Lipinski definition) is 3. The zero-order valence-electron chi connectivity index (χ0n) is 13.5.